The van der Waals surface area contributed by atoms with Crippen molar-refractivity contribution in [1.29, 1.82) is 0 Å². The standard InChI is InChI=1S/C15H10ClFOS/c16-13-7-9(17)5-6-11(13)15(18)12-8-19-14-4-2-1-3-10(12)14/h1-8,15,18H. The SMILES string of the molecule is OC(c1ccc(F)cc1Cl)c1csc2ccccc12. The highest BCUT2D eigenvalue weighted by Gasteiger charge is 2.17. The molecule has 0 aliphatic rings. The minimum Gasteiger partial charge on any atom is -0.384 e. The molecule has 0 fully saturated rings. The molecule has 0 spiro atoms. The fraction of sp³-hybridized carbons (Fsp3) is 0.0667. The normalized spacial score (nSPS) is 12.8. The van der Waals surface area contributed by atoms with Gasteiger partial charge in [-0.15, -0.1) is 11.3 Å². The van der Waals surface area contributed by atoms with Gasteiger partial charge in [-0.3, -0.25) is 0 Å². The summed E-state index contributed by atoms with van der Waals surface area (Å²) >= 11 is 7.56. The molecule has 19 heavy (non-hydrogen) atoms. The van der Waals surface area contributed by atoms with Crippen LogP contribution in [0.25, 0.3) is 10.1 Å². The third-order valence-corrected chi connectivity index (χ3v) is 4.37. The summed E-state index contributed by atoms with van der Waals surface area (Å²) < 4.78 is 14.1. The Hall–Kier alpha value is -1.42. The van der Waals surface area contributed by atoms with Crippen LogP contribution in [-0.4, -0.2) is 5.11 Å². The maximum atomic E-state index is 13.0. The van der Waals surface area contributed by atoms with E-state index in [1.54, 1.807) is 11.3 Å². The van der Waals surface area contributed by atoms with E-state index in [4.69, 9.17) is 11.6 Å². The van der Waals surface area contributed by atoms with Crippen LogP contribution in [0.15, 0.2) is 47.8 Å². The predicted octanol–water partition coefficient (Wildman–Crippen LogP) is 4.78. The van der Waals surface area contributed by atoms with Gasteiger partial charge in [-0.05, 0) is 29.0 Å². The van der Waals surface area contributed by atoms with Gasteiger partial charge in [0, 0.05) is 20.8 Å². The van der Waals surface area contributed by atoms with Crippen molar-refractivity contribution in [3.05, 3.63) is 69.8 Å². The van der Waals surface area contributed by atoms with Crippen LogP contribution in [-0.2, 0) is 0 Å². The lowest BCUT2D eigenvalue weighted by molar-refractivity contribution is 0.222. The second kappa shape index (κ2) is 4.93. The number of rotatable bonds is 2. The smallest absolute Gasteiger partial charge is 0.124 e. The van der Waals surface area contributed by atoms with Crippen LogP contribution >= 0.6 is 22.9 Å². The number of thiophene rings is 1. The molecule has 0 amide bonds. The number of fused-ring (bicyclic) bond motifs is 1. The lowest BCUT2D eigenvalue weighted by atomic mass is 10.0. The largest absolute Gasteiger partial charge is 0.384 e. The van der Waals surface area contributed by atoms with Gasteiger partial charge in [0.2, 0.25) is 0 Å². The number of aliphatic hydroxyl groups is 1. The molecule has 1 unspecified atom stereocenters. The van der Waals surface area contributed by atoms with Crippen LogP contribution in [0.2, 0.25) is 5.02 Å². The fourth-order valence-corrected chi connectivity index (χ4v) is 3.35. The van der Waals surface area contributed by atoms with E-state index in [0.717, 1.165) is 15.6 Å². The summed E-state index contributed by atoms with van der Waals surface area (Å²) in [7, 11) is 0. The summed E-state index contributed by atoms with van der Waals surface area (Å²) in [5.41, 5.74) is 1.32. The van der Waals surface area contributed by atoms with E-state index < -0.39 is 11.9 Å². The molecule has 96 valence electrons. The Kier molecular flexibility index (Phi) is 3.27. The van der Waals surface area contributed by atoms with Crippen molar-refractivity contribution in [1.82, 2.24) is 0 Å². The number of aliphatic hydroxyl groups excluding tert-OH is 1. The van der Waals surface area contributed by atoms with E-state index in [0.29, 0.717) is 5.56 Å². The Morgan fingerprint density at radius 1 is 1.11 bits per heavy atom. The maximum Gasteiger partial charge on any atom is 0.124 e. The van der Waals surface area contributed by atoms with Gasteiger partial charge in [-0.2, -0.15) is 0 Å². The quantitative estimate of drug-likeness (QED) is 0.721. The molecular formula is C15H10ClFOS. The van der Waals surface area contributed by atoms with Crippen LogP contribution in [0, 0.1) is 5.82 Å². The second-order valence-electron chi connectivity index (χ2n) is 4.26. The predicted molar refractivity (Wildman–Crippen MR) is 77.3 cm³/mol. The zero-order chi connectivity index (χ0) is 13.4. The molecule has 1 N–H and O–H groups in total. The first-order valence-corrected chi connectivity index (χ1v) is 7.02. The van der Waals surface area contributed by atoms with Gasteiger partial charge < -0.3 is 5.11 Å². The van der Waals surface area contributed by atoms with E-state index in [-0.39, 0.29) is 5.02 Å². The third-order valence-electron chi connectivity index (χ3n) is 3.06. The van der Waals surface area contributed by atoms with Crippen molar-refractivity contribution in [3.63, 3.8) is 0 Å². The topological polar surface area (TPSA) is 20.2 Å². The Morgan fingerprint density at radius 2 is 1.89 bits per heavy atom. The highest BCUT2D eigenvalue weighted by molar-refractivity contribution is 7.17. The molecule has 0 saturated carbocycles. The fourth-order valence-electron chi connectivity index (χ4n) is 2.10. The molecule has 1 aromatic heterocycles. The van der Waals surface area contributed by atoms with Crippen LogP contribution < -0.4 is 0 Å². The van der Waals surface area contributed by atoms with Crippen LogP contribution in [0.5, 0.6) is 0 Å². The van der Waals surface area contributed by atoms with E-state index in [1.165, 1.54) is 18.2 Å². The summed E-state index contributed by atoms with van der Waals surface area (Å²) in [5.74, 6) is -0.406. The highest BCUT2D eigenvalue weighted by atomic mass is 35.5. The van der Waals surface area contributed by atoms with E-state index in [1.807, 2.05) is 29.6 Å². The first-order chi connectivity index (χ1) is 9.16. The average molecular weight is 293 g/mol. The minimum atomic E-state index is -0.843. The van der Waals surface area contributed by atoms with Crippen molar-refractivity contribution in [2.45, 2.75) is 6.10 Å². The third kappa shape index (κ3) is 2.25. The van der Waals surface area contributed by atoms with Crippen LogP contribution in [0.4, 0.5) is 4.39 Å². The molecule has 1 heterocycles. The second-order valence-corrected chi connectivity index (χ2v) is 5.57. The van der Waals surface area contributed by atoms with E-state index in [9.17, 15) is 9.50 Å². The van der Waals surface area contributed by atoms with Crippen molar-refractivity contribution in [2.24, 2.45) is 0 Å². The van der Waals surface area contributed by atoms with E-state index >= 15 is 0 Å². The van der Waals surface area contributed by atoms with Crippen molar-refractivity contribution < 1.29 is 9.50 Å². The summed E-state index contributed by atoms with van der Waals surface area (Å²) in [6.07, 6.45) is -0.843. The number of hydrogen-bond donors (Lipinski definition) is 1. The molecule has 2 aromatic carbocycles. The molecule has 1 nitrogen and oxygen atoms in total. The molecule has 3 rings (SSSR count). The molecule has 3 aromatic rings. The van der Waals surface area contributed by atoms with Gasteiger partial charge in [0.25, 0.3) is 0 Å². The summed E-state index contributed by atoms with van der Waals surface area (Å²) in [6.45, 7) is 0. The summed E-state index contributed by atoms with van der Waals surface area (Å²) in [5, 5.41) is 13.6. The van der Waals surface area contributed by atoms with Crippen molar-refractivity contribution >= 4 is 33.0 Å². The zero-order valence-corrected chi connectivity index (χ0v) is 11.4. The first kappa shape index (κ1) is 12.6. The van der Waals surface area contributed by atoms with Gasteiger partial charge in [0.15, 0.2) is 0 Å². The minimum absolute atomic E-state index is 0.239. The summed E-state index contributed by atoms with van der Waals surface area (Å²) in [4.78, 5) is 0. The molecule has 0 saturated heterocycles. The molecular weight excluding hydrogens is 283 g/mol. The summed E-state index contributed by atoms with van der Waals surface area (Å²) in [6, 6.07) is 11.9. The number of halogens is 2. The number of benzene rings is 2. The van der Waals surface area contributed by atoms with Gasteiger partial charge in [0.05, 0.1) is 0 Å². The zero-order valence-electron chi connectivity index (χ0n) is 9.81. The number of hydrogen-bond acceptors (Lipinski definition) is 2. The monoisotopic (exact) mass is 292 g/mol. The Labute approximate surface area is 118 Å². The lowest BCUT2D eigenvalue weighted by Gasteiger charge is -2.12. The molecule has 0 aliphatic heterocycles. The Morgan fingerprint density at radius 3 is 2.68 bits per heavy atom. The Bertz CT molecular complexity index is 738. The lowest BCUT2D eigenvalue weighted by Crippen LogP contribution is -2.00. The molecule has 0 bridgehead atoms. The van der Waals surface area contributed by atoms with Gasteiger partial charge in [0.1, 0.15) is 11.9 Å². The van der Waals surface area contributed by atoms with Crippen LogP contribution in [0.1, 0.15) is 17.2 Å². The maximum absolute atomic E-state index is 13.0. The van der Waals surface area contributed by atoms with Crippen LogP contribution in [0.3, 0.4) is 0 Å². The van der Waals surface area contributed by atoms with Gasteiger partial charge in [-0.1, -0.05) is 35.9 Å². The molecule has 0 aliphatic carbocycles. The van der Waals surface area contributed by atoms with Crippen molar-refractivity contribution in [3.8, 4) is 0 Å². The molecule has 1 atom stereocenters. The van der Waals surface area contributed by atoms with Crippen molar-refractivity contribution in [2.75, 3.05) is 0 Å². The van der Waals surface area contributed by atoms with E-state index in [2.05, 4.69) is 0 Å². The highest BCUT2D eigenvalue weighted by Crippen LogP contribution is 2.35. The molecule has 4 heteroatoms. The Balaban J connectivity index is 2.10. The molecule has 0 radical (unpaired) electrons. The first-order valence-electron chi connectivity index (χ1n) is 5.76. The van der Waals surface area contributed by atoms with Gasteiger partial charge >= 0.3 is 0 Å². The van der Waals surface area contributed by atoms with Gasteiger partial charge in [-0.25, -0.2) is 4.39 Å². The average Bonchev–Trinajstić information content (AvgIpc) is 2.82.